The summed E-state index contributed by atoms with van der Waals surface area (Å²) in [5.41, 5.74) is 0.742. The number of ether oxygens (including phenoxy) is 4. The molecule has 0 heterocycles. The first kappa shape index (κ1) is 19.7. The molecule has 0 aliphatic rings. The quantitative estimate of drug-likeness (QED) is 0.281. The van der Waals surface area contributed by atoms with Crippen LogP contribution in [0.4, 0.5) is 0 Å². The standard InChI is InChI=1S/C21H27NO9/c1-13(24)28-12-19(29-14(2)25)21(31-16(4)27)20(30-15(3)26)18(11-23)22-10-17-8-6-5-7-9-17/h5-9,11,18-22H,10,12H2,1-4H3/t18-,19+,20+,21+/m0/s1/i1D,2D,3D,4D. The second-order valence-electron chi connectivity index (χ2n) is 6.15. The normalized spacial score (nSPS) is 16.0. The van der Waals surface area contributed by atoms with Gasteiger partial charge in [-0.05, 0) is 5.56 Å². The molecule has 170 valence electrons. The number of rotatable bonds is 12. The first-order chi connectivity index (χ1) is 16.8. The van der Waals surface area contributed by atoms with Gasteiger partial charge in [-0.2, -0.15) is 0 Å². The summed E-state index contributed by atoms with van der Waals surface area (Å²) in [6.07, 6.45) is -4.76. The molecular formula is C21H27NO9. The molecule has 1 aromatic rings. The van der Waals surface area contributed by atoms with E-state index in [0.29, 0.717) is 6.29 Å². The van der Waals surface area contributed by atoms with E-state index in [-0.39, 0.29) is 6.54 Å². The fourth-order valence-corrected chi connectivity index (χ4v) is 2.62. The van der Waals surface area contributed by atoms with E-state index in [2.05, 4.69) is 5.32 Å². The van der Waals surface area contributed by atoms with Crippen molar-refractivity contribution in [3.05, 3.63) is 35.9 Å². The van der Waals surface area contributed by atoms with Gasteiger partial charge in [0.05, 0.1) is 0 Å². The van der Waals surface area contributed by atoms with E-state index in [1.54, 1.807) is 30.3 Å². The summed E-state index contributed by atoms with van der Waals surface area (Å²) in [5, 5.41) is 2.83. The Kier molecular flexibility index (Phi) is 8.33. The Labute approximate surface area is 185 Å². The number of hydrogen-bond donors (Lipinski definition) is 1. The van der Waals surface area contributed by atoms with E-state index < -0.39 is 82.4 Å². The number of benzene rings is 1. The van der Waals surface area contributed by atoms with Gasteiger partial charge in [-0.25, -0.2) is 0 Å². The zero-order valence-corrected chi connectivity index (χ0v) is 16.7. The second-order valence-corrected chi connectivity index (χ2v) is 6.15. The highest BCUT2D eigenvalue weighted by molar-refractivity contribution is 5.70. The van der Waals surface area contributed by atoms with Crippen molar-refractivity contribution < 1.29 is 48.4 Å². The van der Waals surface area contributed by atoms with Crippen LogP contribution in [0.25, 0.3) is 0 Å². The van der Waals surface area contributed by atoms with Gasteiger partial charge < -0.3 is 29.1 Å². The van der Waals surface area contributed by atoms with Crippen molar-refractivity contribution >= 4 is 30.2 Å². The van der Waals surface area contributed by atoms with Gasteiger partial charge in [-0.1, -0.05) is 30.3 Å². The Morgan fingerprint density at radius 1 is 0.903 bits per heavy atom. The van der Waals surface area contributed by atoms with Gasteiger partial charge in [0, 0.05) is 39.6 Å². The second kappa shape index (κ2) is 13.1. The van der Waals surface area contributed by atoms with Gasteiger partial charge in [0.1, 0.15) is 18.9 Å². The molecule has 0 saturated heterocycles. The molecule has 0 amide bonds. The van der Waals surface area contributed by atoms with Crippen LogP contribution >= 0.6 is 0 Å². The lowest BCUT2D eigenvalue weighted by Gasteiger charge is -2.34. The van der Waals surface area contributed by atoms with E-state index in [4.69, 9.17) is 24.4 Å². The van der Waals surface area contributed by atoms with Crippen LogP contribution in [0.1, 0.15) is 38.6 Å². The van der Waals surface area contributed by atoms with Crippen LogP contribution in [-0.2, 0) is 49.5 Å². The predicted molar refractivity (Wildman–Crippen MR) is 106 cm³/mol. The van der Waals surface area contributed by atoms with Crippen LogP contribution in [0.5, 0.6) is 0 Å². The lowest BCUT2D eigenvalue weighted by atomic mass is 10.0. The molecule has 0 aliphatic carbocycles. The lowest BCUT2D eigenvalue weighted by molar-refractivity contribution is -0.191. The van der Waals surface area contributed by atoms with E-state index in [0.717, 1.165) is 5.56 Å². The molecule has 0 saturated carbocycles. The topological polar surface area (TPSA) is 134 Å². The third kappa shape index (κ3) is 9.85. The minimum Gasteiger partial charge on any atom is -0.462 e. The highest BCUT2D eigenvalue weighted by Crippen LogP contribution is 2.18. The SMILES string of the molecule is [2H]CC(=O)OC[C@@H](OC(=O)C[2H])[C@@H](OC(=O)C[2H])[C@H](OC(=O)C[2H])[C@H](C=O)NCc1ccccc1. The van der Waals surface area contributed by atoms with Gasteiger partial charge in [0.25, 0.3) is 0 Å². The van der Waals surface area contributed by atoms with Gasteiger partial charge in [-0.3, -0.25) is 19.2 Å². The average molecular weight is 441 g/mol. The number of carbonyl (C=O) groups is 5. The highest BCUT2D eigenvalue weighted by atomic mass is 16.6. The average Bonchev–Trinajstić information content (AvgIpc) is 2.89. The number of nitrogens with one attached hydrogen (secondary N) is 1. The maximum atomic E-state index is 12.0. The minimum absolute atomic E-state index is 0.100. The molecule has 0 unspecified atom stereocenters. The molecule has 0 aliphatic heterocycles. The van der Waals surface area contributed by atoms with Crippen LogP contribution in [0.3, 0.4) is 0 Å². The predicted octanol–water partition coefficient (Wildman–Crippen LogP) is 0.702. The summed E-state index contributed by atoms with van der Waals surface area (Å²) >= 11 is 0. The Bertz CT molecular complexity index is 843. The lowest BCUT2D eigenvalue weighted by Crippen LogP contribution is -2.56. The third-order valence-corrected chi connectivity index (χ3v) is 3.80. The smallest absolute Gasteiger partial charge is 0.303 e. The summed E-state index contributed by atoms with van der Waals surface area (Å²) in [6, 6.07) is 7.41. The number of carbonyl (C=O) groups excluding carboxylic acids is 5. The first-order valence-corrected chi connectivity index (χ1v) is 8.93. The molecule has 0 bridgehead atoms. The molecule has 10 heteroatoms. The van der Waals surface area contributed by atoms with Crippen molar-refractivity contribution in [3.63, 3.8) is 0 Å². The molecule has 1 aromatic carbocycles. The number of aldehydes is 1. The van der Waals surface area contributed by atoms with Crippen molar-refractivity contribution in [2.75, 3.05) is 6.61 Å². The van der Waals surface area contributed by atoms with Crippen molar-refractivity contribution in [1.29, 1.82) is 0 Å². The van der Waals surface area contributed by atoms with Crippen molar-refractivity contribution in [2.24, 2.45) is 0 Å². The van der Waals surface area contributed by atoms with Crippen molar-refractivity contribution in [3.8, 4) is 0 Å². The van der Waals surface area contributed by atoms with E-state index >= 15 is 0 Å². The molecule has 1 rings (SSSR count). The molecule has 0 spiro atoms. The van der Waals surface area contributed by atoms with Crippen LogP contribution in [0.15, 0.2) is 30.3 Å². The fourth-order valence-electron chi connectivity index (χ4n) is 2.62. The number of esters is 4. The molecule has 4 atom stereocenters. The van der Waals surface area contributed by atoms with Gasteiger partial charge in [0.2, 0.25) is 0 Å². The molecule has 10 nitrogen and oxygen atoms in total. The van der Waals surface area contributed by atoms with E-state index in [1.807, 2.05) is 0 Å². The first-order valence-electron chi connectivity index (χ1n) is 11.8. The Morgan fingerprint density at radius 3 is 2.06 bits per heavy atom. The molecule has 0 radical (unpaired) electrons. The third-order valence-electron chi connectivity index (χ3n) is 3.80. The number of hydrogen-bond acceptors (Lipinski definition) is 10. The molecule has 31 heavy (non-hydrogen) atoms. The molecule has 1 N–H and O–H groups in total. The van der Waals surface area contributed by atoms with Gasteiger partial charge >= 0.3 is 23.9 Å². The van der Waals surface area contributed by atoms with Crippen LogP contribution in [0.2, 0.25) is 0 Å². The minimum atomic E-state index is -1.77. The van der Waals surface area contributed by atoms with Crippen molar-refractivity contribution in [1.82, 2.24) is 5.32 Å². The van der Waals surface area contributed by atoms with Gasteiger partial charge in [-0.15, -0.1) is 0 Å². The van der Waals surface area contributed by atoms with E-state index in [1.165, 1.54) is 0 Å². The fraction of sp³-hybridized carbons (Fsp3) is 0.476. The Balaban J connectivity index is 3.38. The summed E-state index contributed by atoms with van der Waals surface area (Å²) < 4.78 is 49.0. The van der Waals surface area contributed by atoms with E-state index in [9.17, 15) is 24.0 Å². The molecular weight excluding hydrogens is 410 g/mol. The maximum absolute atomic E-state index is 12.0. The Hall–Kier alpha value is -3.27. The van der Waals surface area contributed by atoms with Crippen LogP contribution in [-0.4, -0.2) is 61.1 Å². The Morgan fingerprint density at radius 2 is 1.48 bits per heavy atom. The van der Waals surface area contributed by atoms with Crippen LogP contribution < -0.4 is 5.32 Å². The zero-order chi connectivity index (χ0) is 26.2. The monoisotopic (exact) mass is 441 g/mol. The summed E-state index contributed by atoms with van der Waals surface area (Å²) in [7, 11) is 0. The largest absolute Gasteiger partial charge is 0.462 e. The van der Waals surface area contributed by atoms with Gasteiger partial charge in [0.15, 0.2) is 18.3 Å². The molecule has 0 aromatic heterocycles. The van der Waals surface area contributed by atoms with Crippen molar-refractivity contribution in [2.45, 2.75) is 58.5 Å². The van der Waals surface area contributed by atoms with Crippen LogP contribution in [0, 0.1) is 0 Å². The summed E-state index contributed by atoms with van der Waals surface area (Å²) in [4.78, 5) is 59.4. The molecule has 0 fully saturated rings. The highest BCUT2D eigenvalue weighted by Gasteiger charge is 2.42. The maximum Gasteiger partial charge on any atom is 0.303 e. The summed E-state index contributed by atoms with van der Waals surface area (Å²) in [5.74, 6) is -4.39. The zero-order valence-electron chi connectivity index (χ0n) is 20.7. The summed E-state index contributed by atoms with van der Waals surface area (Å²) in [6.45, 7) is -4.04.